The Morgan fingerprint density at radius 2 is 2.22 bits per heavy atom. The van der Waals surface area contributed by atoms with Crippen LogP contribution in [0.2, 0.25) is 0 Å². The van der Waals surface area contributed by atoms with E-state index >= 15 is 0 Å². The van der Waals surface area contributed by atoms with Crippen molar-refractivity contribution in [2.45, 2.75) is 32.9 Å². The number of hydrogen-bond donors (Lipinski definition) is 2. The number of aryl methyl sites for hydroxylation is 1. The number of β-amino-alcohol motifs (C(OH)–C–C–N with tert-alkyl or cyclic N) is 1. The first kappa shape index (κ1) is 15.8. The van der Waals surface area contributed by atoms with Gasteiger partial charge < -0.3 is 19.9 Å². The van der Waals surface area contributed by atoms with Crippen molar-refractivity contribution in [3.8, 4) is 0 Å². The number of aliphatic hydroxyl groups is 1. The second-order valence-corrected chi connectivity index (χ2v) is 6.31. The molecule has 1 saturated heterocycles. The van der Waals surface area contributed by atoms with Crippen LogP contribution in [0.3, 0.4) is 0 Å². The van der Waals surface area contributed by atoms with Crippen molar-refractivity contribution in [1.29, 1.82) is 0 Å². The molecule has 0 radical (unpaired) electrons. The van der Waals surface area contributed by atoms with Gasteiger partial charge in [0.2, 0.25) is 0 Å². The molecule has 1 aliphatic rings. The van der Waals surface area contributed by atoms with Crippen LogP contribution in [-0.4, -0.2) is 51.3 Å². The summed E-state index contributed by atoms with van der Waals surface area (Å²) < 4.78 is 2.11. The zero-order valence-corrected chi connectivity index (χ0v) is 13.7. The normalized spacial score (nSPS) is 21.6. The number of benzene rings is 1. The maximum absolute atomic E-state index is 12.2. The van der Waals surface area contributed by atoms with Gasteiger partial charge in [-0.25, -0.2) is 9.78 Å². The highest BCUT2D eigenvalue weighted by molar-refractivity contribution is 5.76. The van der Waals surface area contributed by atoms with Crippen LogP contribution in [-0.2, 0) is 6.54 Å². The number of nitrogens with zero attached hydrogens (tertiary/aromatic N) is 3. The van der Waals surface area contributed by atoms with Crippen molar-refractivity contribution >= 4 is 17.1 Å². The molecule has 1 aromatic heterocycles. The molecule has 2 aromatic rings. The van der Waals surface area contributed by atoms with Crippen LogP contribution < -0.4 is 5.32 Å². The smallest absolute Gasteiger partial charge is 0.317 e. The maximum atomic E-state index is 12.2. The number of carbonyl (C=O) groups is 1. The lowest BCUT2D eigenvalue weighted by Gasteiger charge is -2.34. The first-order chi connectivity index (χ1) is 11.1. The van der Waals surface area contributed by atoms with Gasteiger partial charge in [0.05, 0.1) is 17.1 Å². The highest BCUT2D eigenvalue weighted by Gasteiger charge is 2.26. The van der Waals surface area contributed by atoms with Gasteiger partial charge in [0.15, 0.2) is 0 Å². The summed E-state index contributed by atoms with van der Waals surface area (Å²) in [6, 6.07) is 7.91. The summed E-state index contributed by atoms with van der Waals surface area (Å²) in [4.78, 5) is 18.4. The lowest BCUT2D eigenvalue weighted by Crippen LogP contribution is -2.50. The quantitative estimate of drug-likeness (QED) is 0.906. The number of hydrogen-bond acceptors (Lipinski definition) is 3. The van der Waals surface area contributed by atoms with Gasteiger partial charge in [-0.15, -0.1) is 0 Å². The van der Waals surface area contributed by atoms with Crippen molar-refractivity contribution < 1.29 is 9.90 Å². The minimum Gasteiger partial charge on any atom is -0.391 e. The Labute approximate surface area is 136 Å². The molecule has 2 N–H and O–H groups in total. The number of nitrogens with one attached hydrogen (secondary N) is 1. The Balaban J connectivity index is 1.56. The van der Waals surface area contributed by atoms with Crippen LogP contribution in [0.15, 0.2) is 24.3 Å². The number of urea groups is 1. The van der Waals surface area contributed by atoms with Crippen LogP contribution in [0.4, 0.5) is 4.79 Å². The summed E-state index contributed by atoms with van der Waals surface area (Å²) in [5.41, 5.74) is 2.06. The van der Waals surface area contributed by atoms with Crippen LogP contribution >= 0.6 is 0 Å². The number of aliphatic hydroxyl groups excluding tert-OH is 1. The molecule has 1 aromatic carbocycles. The van der Waals surface area contributed by atoms with E-state index in [4.69, 9.17) is 0 Å². The van der Waals surface area contributed by atoms with Gasteiger partial charge in [0, 0.05) is 26.2 Å². The lowest BCUT2D eigenvalue weighted by molar-refractivity contribution is 0.0436. The third kappa shape index (κ3) is 3.32. The average Bonchev–Trinajstić information content (AvgIpc) is 2.86. The molecule has 6 heteroatoms. The minimum absolute atomic E-state index is 0.0991. The summed E-state index contributed by atoms with van der Waals surface area (Å²) >= 11 is 0. The Hall–Kier alpha value is -2.08. The standard InChI is InChI=1S/C17H24N4O2/c1-12-7-9-20(11-16(12)22)17(23)18-8-10-21-13(2)19-14-5-3-4-6-15(14)21/h3-6,12,16,22H,7-11H2,1-2H3,(H,18,23). The zero-order valence-electron chi connectivity index (χ0n) is 13.7. The maximum Gasteiger partial charge on any atom is 0.317 e. The van der Waals surface area contributed by atoms with E-state index in [9.17, 15) is 9.90 Å². The summed E-state index contributed by atoms with van der Waals surface area (Å²) in [7, 11) is 0. The molecular formula is C17H24N4O2. The number of aromatic nitrogens is 2. The molecular weight excluding hydrogens is 292 g/mol. The molecule has 2 heterocycles. The lowest BCUT2D eigenvalue weighted by atomic mass is 9.96. The van der Waals surface area contributed by atoms with Crippen LogP contribution in [0, 0.1) is 12.8 Å². The number of likely N-dealkylation sites (tertiary alicyclic amines) is 1. The third-order valence-corrected chi connectivity index (χ3v) is 4.66. The van der Waals surface area contributed by atoms with E-state index in [1.54, 1.807) is 4.90 Å². The number of carbonyl (C=O) groups excluding carboxylic acids is 1. The van der Waals surface area contributed by atoms with Crippen LogP contribution in [0.1, 0.15) is 19.2 Å². The molecule has 3 rings (SSSR count). The third-order valence-electron chi connectivity index (χ3n) is 4.66. The predicted molar refractivity (Wildman–Crippen MR) is 89.2 cm³/mol. The summed E-state index contributed by atoms with van der Waals surface area (Å²) in [5.74, 6) is 1.21. The number of fused-ring (bicyclic) bond motifs is 1. The molecule has 124 valence electrons. The number of piperidine rings is 1. The van der Waals surface area contributed by atoms with Crippen molar-refractivity contribution in [2.75, 3.05) is 19.6 Å². The fraction of sp³-hybridized carbons (Fsp3) is 0.529. The van der Waals surface area contributed by atoms with Gasteiger partial charge in [0.25, 0.3) is 0 Å². The van der Waals surface area contributed by atoms with E-state index in [2.05, 4.69) is 14.9 Å². The number of para-hydroxylation sites is 2. The van der Waals surface area contributed by atoms with Gasteiger partial charge >= 0.3 is 6.03 Å². The van der Waals surface area contributed by atoms with E-state index in [0.29, 0.717) is 26.2 Å². The first-order valence-corrected chi connectivity index (χ1v) is 8.19. The van der Waals surface area contributed by atoms with Gasteiger partial charge in [-0.1, -0.05) is 19.1 Å². The molecule has 1 fully saturated rings. The largest absolute Gasteiger partial charge is 0.391 e. The van der Waals surface area contributed by atoms with Gasteiger partial charge in [-0.3, -0.25) is 0 Å². The van der Waals surface area contributed by atoms with Gasteiger partial charge in [-0.05, 0) is 31.4 Å². The van der Waals surface area contributed by atoms with E-state index in [-0.39, 0.29) is 11.9 Å². The molecule has 6 nitrogen and oxygen atoms in total. The molecule has 1 aliphatic heterocycles. The molecule has 23 heavy (non-hydrogen) atoms. The number of imidazole rings is 1. The van der Waals surface area contributed by atoms with E-state index in [0.717, 1.165) is 23.3 Å². The van der Waals surface area contributed by atoms with Crippen molar-refractivity contribution in [3.05, 3.63) is 30.1 Å². The number of amides is 2. The second kappa shape index (κ2) is 6.58. The Bertz CT molecular complexity index is 697. The molecule has 0 bridgehead atoms. The van der Waals surface area contributed by atoms with Crippen molar-refractivity contribution in [1.82, 2.24) is 19.8 Å². The molecule has 2 atom stereocenters. The Kier molecular flexibility index (Phi) is 4.52. The van der Waals surface area contributed by atoms with Gasteiger partial charge in [-0.2, -0.15) is 0 Å². The zero-order chi connectivity index (χ0) is 16.4. The fourth-order valence-electron chi connectivity index (χ4n) is 3.10. The van der Waals surface area contributed by atoms with Crippen LogP contribution in [0.25, 0.3) is 11.0 Å². The summed E-state index contributed by atoms with van der Waals surface area (Å²) in [5, 5.41) is 12.8. The predicted octanol–water partition coefficient (Wildman–Crippen LogP) is 1.76. The van der Waals surface area contributed by atoms with Crippen molar-refractivity contribution in [2.24, 2.45) is 5.92 Å². The SMILES string of the molecule is Cc1nc2ccccc2n1CCNC(=O)N1CCC(C)C(O)C1. The minimum atomic E-state index is -0.422. The molecule has 2 amide bonds. The molecule has 0 saturated carbocycles. The first-order valence-electron chi connectivity index (χ1n) is 8.19. The van der Waals surface area contributed by atoms with Crippen molar-refractivity contribution in [3.63, 3.8) is 0 Å². The monoisotopic (exact) mass is 316 g/mol. The highest BCUT2D eigenvalue weighted by atomic mass is 16.3. The average molecular weight is 316 g/mol. The summed E-state index contributed by atoms with van der Waals surface area (Å²) in [6.07, 6.45) is 0.425. The van der Waals surface area contributed by atoms with Gasteiger partial charge in [0.1, 0.15) is 5.82 Å². The van der Waals surface area contributed by atoms with E-state index in [1.165, 1.54) is 0 Å². The topological polar surface area (TPSA) is 70.4 Å². The Morgan fingerprint density at radius 3 is 3.00 bits per heavy atom. The molecule has 2 unspecified atom stereocenters. The van der Waals surface area contributed by atoms with E-state index < -0.39 is 6.10 Å². The fourth-order valence-corrected chi connectivity index (χ4v) is 3.10. The van der Waals surface area contributed by atoms with E-state index in [1.807, 2.05) is 38.1 Å². The summed E-state index contributed by atoms with van der Waals surface area (Å²) in [6.45, 7) is 6.35. The molecule has 0 aliphatic carbocycles. The second-order valence-electron chi connectivity index (χ2n) is 6.31. The number of rotatable bonds is 3. The highest BCUT2D eigenvalue weighted by Crippen LogP contribution is 2.17. The van der Waals surface area contributed by atoms with Crippen LogP contribution in [0.5, 0.6) is 0 Å². The molecule has 0 spiro atoms. The Morgan fingerprint density at radius 1 is 1.43 bits per heavy atom.